The molecule has 0 bridgehead atoms. The number of piperidine rings is 1. The third-order valence-corrected chi connectivity index (χ3v) is 4.15. The van der Waals surface area contributed by atoms with Gasteiger partial charge in [-0.2, -0.15) is 0 Å². The second-order valence-electron chi connectivity index (χ2n) is 5.27. The average molecular weight is 248 g/mol. The highest BCUT2D eigenvalue weighted by Gasteiger charge is 2.48. The van der Waals surface area contributed by atoms with Crippen LogP contribution < -0.4 is 5.32 Å². The second-order valence-corrected chi connectivity index (χ2v) is 5.27. The van der Waals surface area contributed by atoms with Crippen LogP contribution in [0.4, 0.5) is 0 Å². The molecule has 1 aromatic carbocycles. The van der Waals surface area contributed by atoms with E-state index < -0.39 is 12.5 Å². The molecule has 0 saturated carbocycles. The third kappa shape index (κ3) is 2.06. The topological polar surface area (TPSA) is 55.7 Å². The van der Waals surface area contributed by atoms with E-state index in [1.807, 2.05) is 30.3 Å². The molecule has 2 aliphatic rings. The smallest absolute Gasteiger partial charge is 0.125 e. The summed E-state index contributed by atoms with van der Waals surface area (Å²) in [6.45, 7) is 1.53. The van der Waals surface area contributed by atoms with Crippen LogP contribution in [0.2, 0.25) is 0 Å². The summed E-state index contributed by atoms with van der Waals surface area (Å²) in [4.78, 5) is 1.79. The molecule has 0 aliphatic carbocycles. The van der Waals surface area contributed by atoms with Gasteiger partial charge in [0.25, 0.3) is 0 Å². The molecular weight excluding hydrogens is 228 g/mol. The predicted octanol–water partition coefficient (Wildman–Crippen LogP) is 0.507. The Morgan fingerprint density at radius 2 is 1.94 bits per heavy atom. The number of fused-ring (bicyclic) bond motifs is 1. The highest BCUT2D eigenvalue weighted by Crippen LogP contribution is 2.34. The van der Waals surface area contributed by atoms with Gasteiger partial charge in [0.1, 0.15) is 12.5 Å². The first-order chi connectivity index (χ1) is 8.77. The molecule has 98 valence electrons. The van der Waals surface area contributed by atoms with E-state index in [1.165, 1.54) is 0 Å². The molecule has 0 aromatic heterocycles. The van der Waals surface area contributed by atoms with E-state index in [-0.39, 0.29) is 12.0 Å². The largest absolute Gasteiger partial charge is 0.378 e. The predicted molar refractivity (Wildman–Crippen MR) is 68.5 cm³/mol. The molecule has 0 spiro atoms. The lowest BCUT2D eigenvalue weighted by Crippen LogP contribution is -2.46. The first-order valence-electron chi connectivity index (χ1n) is 6.66. The summed E-state index contributed by atoms with van der Waals surface area (Å²) in [7, 11) is 0. The maximum absolute atomic E-state index is 10.3. The van der Waals surface area contributed by atoms with Gasteiger partial charge < -0.3 is 15.5 Å². The lowest BCUT2D eigenvalue weighted by Gasteiger charge is -2.27. The Morgan fingerprint density at radius 3 is 2.67 bits per heavy atom. The fraction of sp³-hybridized carbons (Fsp3) is 0.571. The quantitative estimate of drug-likeness (QED) is 0.714. The first-order valence-corrected chi connectivity index (χ1v) is 6.66. The Morgan fingerprint density at radius 1 is 1.17 bits per heavy atom. The maximum Gasteiger partial charge on any atom is 0.125 e. The Labute approximate surface area is 107 Å². The summed E-state index contributed by atoms with van der Waals surface area (Å²) in [6, 6.07) is 9.99. The summed E-state index contributed by atoms with van der Waals surface area (Å²) >= 11 is 0. The molecule has 2 aliphatic heterocycles. The van der Waals surface area contributed by atoms with Gasteiger partial charge in [0.05, 0.1) is 6.04 Å². The molecule has 18 heavy (non-hydrogen) atoms. The lowest BCUT2D eigenvalue weighted by atomic mass is 9.92. The van der Waals surface area contributed by atoms with Gasteiger partial charge in [0, 0.05) is 12.5 Å². The highest BCUT2D eigenvalue weighted by atomic mass is 16.3. The van der Waals surface area contributed by atoms with Crippen LogP contribution in [0, 0.1) is 5.92 Å². The molecule has 2 saturated heterocycles. The third-order valence-electron chi connectivity index (χ3n) is 4.15. The van der Waals surface area contributed by atoms with Crippen molar-refractivity contribution in [2.24, 2.45) is 5.92 Å². The molecule has 3 rings (SSSR count). The Bertz CT molecular complexity index is 380. The molecule has 0 amide bonds. The van der Waals surface area contributed by atoms with Crippen molar-refractivity contribution in [1.82, 2.24) is 10.2 Å². The highest BCUT2D eigenvalue weighted by molar-refractivity contribution is 5.15. The van der Waals surface area contributed by atoms with Crippen molar-refractivity contribution < 1.29 is 10.2 Å². The zero-order chi connectivity index (χ0) is 12.5. The van der Waals surface area contributed by atoms with E-state index in [2.05, 4.69) is 5.32 Å². The van der Waals surface area contributed by atoms with Crippen molar-refractivity contribution in [1.29, 1.82) is 0 Å². The van der Waals surface area contributed by atoms with E-state index in [1.54, 1.807) is 4.90 Å². The summed E-state index contributed by atoms with van der Waals surface area (Å²) in [5.41, 5.74) is 1.12. The van der Waals surface area contributed by atoms with Crippen molar-refractivity contribution in [2.45, 2.75) is 37.9 Å². The van der Waals surface area contributed by atoms with Crippen molar-refractivity contribution in [2.75, 3.05) is 6.54 Å². The van der Waals surface area contributed by atoms with Crippen molar-refractivity contribution in [3.63, 3.8) is 0 Å². The Kier molecular flexibility index (Phi) is 3.35. The molecule has 2 fully saturated rings. The monoisotopic (exact) mass is 248 g/mol. The van der Waals surface area contributed by atoms with Crippen LogP contribution in [-0.2, 0) is 6.54 Å². The number of hydrogen-bond donors (Lipinski definition) is 3. The number of nitrogens with zero attached hydrogens (tertiary/aromatic N) is 1. The molecule has 2 heterocycles. The molecule has 4 atom stereocenters. The van der Waals surface area contributed by atoms with E-state index in [0.29, 0.717) is 6.54 Å². The second kappa shape index (κ2) is 4.97. The molecule has 1 aromatic rings. The van der Waals surface area contributed by atoms with Gasteiger partial charge in [-0.05, 0) is 24.9 Å². The lowest BCUT2D eigenvalue weighted by molar-refractivity contribution is -0.0693. The van der Waals surface area contributed by atoms with Crippen molar-refractivity contribution >= 4 is 0 Å². The zero-order valence-corrected chi connectivity index (χ0v) is 10.4. The first kappa shape index (κ1) is 12.1. The summed E-state index contributed by atoms with van der Waals surface area (Å²) < 4.78 is 0. The number of hydrogen-bond acceptors (Lipinski definition) is 4. The van der Waals surface area contributed by atoms with Gasteiger partial charge >= 0.3 is 0 Å². The number of aliphatic hydroxyl groups is 2. The van der Waals surface area contributed by atoms with Crippen LogP contribution in [0.3, 0.4) is 0 Å². The van der Waals surface area contributed by atoms with E-state index >= 15 is 0 Å². The van der Waals surface area contributed by atoms with Crippen molar-refractivity contribution in [3.05, 3.63) is 35.9 Å². The van der Waals surface area contributed by atoms with Crippen LogP contribution in [0.15, 0.2) is 30.3 Å². The standard InChI is InChI=1S/C14H20N2O2/c17-13-11-7-4-8-15-12(11)14(18)16(13)9-10-5-2-1-3-6-10/h1-3,5-6,11-15,17-18H,4,7-9H2. The number of aliphatic hydroxyl groups excluding tert-OH is 2. The summed E-state index contributed by atoms with van der Waals surface area (Å²) in [5.74, 6) is 0.150. The summed E-state index contributed by atoms with van der Waals surface area (Å²) in [6.07, 6.45) is 0.925. The number of likely N-dealkylation sites (tertiary alicyclic amines) is 1. The van der Waals surface area contributed by atoms with Crippen LogP contribution in [0.5, 0.6) is 0 Å². The van der Waals surface area contributed by atoms with Gasteiger partial charge in [-0.15, -0.1) is 0 Å². The molecule has 3 N–H and O–H groups in total. The van der Waals surface area contributed by atoms with Crippen LogP contribution >= 0.6 is 0 Å². The van der Waals surface area contributed by atoms with E-state index in [4.69, 9.17) is 0 Å². The van der Waals surface area contributed by atoms with E-state index in [0.717, 1.165) is 24.9 Å². The van der Waals surface area contributed by atoms with Crippen LogP contribution in [0.1, 0.15) is 18.4 Å². The number of nitrogens with one attached hydrogen (secondary N) is 1. The van der Waals surface area contributed by atoms with Gasteiger partial charge in [-0.3, -0.25) is 0 Å². The minimum atomic E-state index is -0.592. The van der Waals surface area contributed by atoms with Crippen LogP contribution in [0.25, 0.3) is 0 Å². The minimum Gasteiger partial charge on any atom is -0.378 e. The minimum absolute atomic E-state index is 0.0115. The zero-order valence-electron chi connectivity index (χ0n) is 10.4. The van der Waals surface area contributed by atoms with Crippen molar-refractivity contribution in [3.8, 4) is 0 Å². The van der Waals surface area contributed by atoms with E-state index in [9.17, 15) is 10.2 Å². The average Bonchev–Trinajstić information content (AvgIpc) is 2.66. The molecular formula is C14H20N2O2. The normalized spacial score (nSPS) is 36.6. The van der Waals surface area contributed by atoms with Gasteiger partial charge in [0.15, 0.2) is 0 Å². The number of rotatable bonds is 2. The summed E-state index contributed by atoms with van der Waals surface area (Å²) in [5, 5.41) is 24.0. The molecule has 4 heteroatoms. The van der Waals surface area contributed by atoms with Gasteiger partial charge in [0.2, 0.25) is 0 Å². The van der Waals surface area contributed by atoms with Gasteiger partial charge in [-0.25, -0.2) is 4.90 Å². The molecule has 4 unspecified atom stereocenters. The van der Waals surface area contributed by atoms with Gasteiger partial charge in [-0.1, -0.05) is 30.3 Å². The fourth-order valence-electron chi connectivity index (χ4n) is 3.19. The molecule has 0 radical (unpaired) electrons. The molecule has 4 nitrogen and oxygen atoms in total. The fourth-order valence-corrected chi connectivity index (χ4v) is 3.19. The Hall–Kier alpha value is -0.940. The van der Waals surface area contributed by atoms with Crippen LogP contribution in [-0.4, -0.2) is 40.2 Å². The maximum atomic E-state index is 10.3. The Balaban J connectivity index is 1.76. The number of benzene rings is 1. The SMILES string of the molecule is OC1C2CCCNC2C(O)N1Cc1ccccc1.